The van der Waals surface area contributed by atoms with Gasteiger partial charge in [0.1, 0.15) is 5.82 Å². The lowest BCUT2D eigenvalue weighted by Gasteiger charge is -2.03. The summed E-state index contributed by atoms with van der Waals surface area (Å²) in [6.45, 7) is -0.0548. The molecule has 0 saturated heterocycles. The molecule has 1 nitrogen and oxygen atoms in total. The lowest BCUT2D eigenvalue weighted by Crippen LogP contribution is -1.87. The van der Waals surface area contributed by atoms with Crippen LogP contribution in [0, 0.1) is 5.82 Å². The number of aliphatic hydroxyl groups excluding tert-OH is 1. The van der Waals surface area contributed by atoms with Gasteiger partial charge in [0.2, 0.25) is 0 Å². The first-order chi connectivity index (χ1) is 6.33. The highest BCUT2D eigenvalue weighted by atomic mass is 19.1. The minimum atomic E-state index is -0.243. The van der Waals surface area contributed by atoms with Crippen LogP contribution < -0.4 is 0 Å². The topological polar surface area (TPSA) is 20.2 Å². The van der Waals surface area contributed by atoms with Gasteiger partial charge in [-0.15, -0.1) is 0 Å². The summed E-state index contributed by atoms with van der Waals surface area (Å²) in [5.74, 6) is -0.243. The molecule has 0 aromatic heterocycles. The monoisotopic (exact) mass is 176 g/mol. The van der Waals surface area contributed by atoms with Gasteiger partial charge in [-0.05, 0) is 17.0 Å². The lowest BCUT2D eigenvalue weighted by atomic mass is 10.0. The van der Waals surface area contributed by atoms with Crippen LogP contribution in [0.4, 0.5) is 4.39 Å². The molecule has 0 radical (unpaired) electrons. The maximum Gasteiger partial charge on any atom is 0.131 e. The van der Waals surface area contributed by atoms with Crippen molar-refractivity contribution in [2.45, 2.75) is 6.61 Å². The average Bonchev–Trinajstić information content (AvgIpc) is 2.18. The van der Waals surface area contributed by atoms with Crippen molar-refractivity contribution in [3.05, 3.63) is 47.8 Å². The van der Waals surface area contributed by atoms with Gasteiger partial charge < -0.3 is 5.11 Å². The van der Waals surface area contributed by atoms with E-state index >= 15 is 0 Å². The van der Waals surface area contributed by atoms with Crippen LogP contribution in [-0.2, 0) is 6.61 Å². The van der Waals surface area contributed by atoms with Crippen molar-refractivity contribution in [2.75, 3.05) is 0 Å². The zero-order valence-electron chi connectivity index (χ0n) is 7.00. The van der Waals surface area contributed by atoms with Crippen LogP contribution in [-0.4, -0.2) is 5.11 Å². The molecule has 0 saturated carbocycles. The molecule has 0 fully saturated rings. The van der Waals surface area contributed by atoms with Crippen LogP contribution >= 0.6 is 0 Å². The van der Waals surface area contributed by atoms with E-state index in [0.29, 0.717) is 5.39 Å². The number of hydrogen-bond donors (Lipinski definition) is 1. The molecule has 2 rings (SSSR count). The first-order valence-corrected chi connectivity index (χ1v) is 4.10. The number of halogens is 1. The Morgan fingerprint density at radius 2 is 1.69 bits per heavy atom. The van der Waals surface area contributed by atoms with Gasteiger partial charge in [-0.3, -0.25) is 0 Å². The number of fused-ring (bicyclic) bond motifs is 1. The second-order valence-corrected chi connectivity index (χ2v) is 2.91. The van der Waals surface area contributed by atoms with E-state index in [0.717, 1.165) is 10.9 Å². The van der Waals surface area contributed by atoms with E-state index in [1.165, 1.54) is 6.07 Å². The summed E-state index contributed by atoms with van der Waals surface area (Å²) in [5, 5.41) is 10.4. The highest BCUT2D eigenvalue weighted by molar-refractivity contribution is 5.86. The molecule has 0 aliphatic rings. The van der Waals surface area contributed by atoms with E-state index in [1.807, 2.05) is 6.07 Å². The Kier molecular flexibility index (Phi) is 1.99. The minimum absolute atomic E-state index is 0.0548. The van der Waals surface area contributed by atoms with Crippen molar-refractivity contribution in [1.29, 1.82) is 0 Å². The van der Waals surface area contributed by atoms with Gasteiger partial charge in [-0.25, -0.2) is 4.39 Å². The molecule has 0 amide bonds. The minimum Gasteiger partial charge on any atom is -0.392 e. The normalized spacial score (nSPS) is 10.6. The van der Waals surface area contributed by atoms with Crippen molar-refractivity contribution in [2.24, 2.45) is 0 Å². The van der Waals surface area contributed by atoms with Crippen LogP contribution in [0.2, 0.25) is 0 Å². The molecule has 0 spiro atoms. The zero-order valence-corrected chi connectivity index (χ0v) is 7.00. The zero-order chi connectivity index (χ0) is 9.26. The van der Waals surface area contributed by atoms with Crippen molar-refractivity contribution in [1.82, 2.24) is 0 Å². The van der Waals surface area contributed by atoms with Crippen LogP contribution in [0.15, 0.2) is 36.4 Å². The predicted molar refractivity (Wildman–Crippen MR) is 49.8 cm³/mol. The smallest absolute Gasteiger partial charge is 0.131 e. The highest BCUT2D eigenvalue weighted by Crippen LogP contribution is 2.21. The second kappa shape index (κ2) is 3.15. The summed E-state index contributed by atoms with van der Waals surface area (Å²) in [7, 11) is 0. The van der Waals surface area contributed by atoms with Crippen LogP contribution in [0.1, 0.15) is 5.56 Å². The first-order valence-electron chi connectivity index (χ1n) is 4.10. The summed E-state index contributed by atoms with van der Waals surface area (Å²) >= 11 is 0. The molecule has 0 aliphatic carbocycles. The summed E-state index contributed by atoms with van der Waals surface area (Å²) in [4.78, 5) is 0. The average molecular weight is 176 g/mol. The Hall–Kier alpha value is -1.41. The molecule has 66 valence electrons. The second-order valence-electron chi connectivity index (χ2n) is 2.91. The Morgan fingerprint density at radius 1 is 1.00 bits per heavy atom. The van der Waals surface area contributed by atoms with Gasteiger partial charge >= 0.3 is 0 Å². The third kappa shape index (κ3) is 1.29. The Morgan fingerprint density at radius 3 is 2.46 bits per heavy atom. The molecule has 1 N–H and O–H groups in total. The number of benzene rings is 2. The molecular formula is C11H9FO. The highest BCUT2D eigenvalue weighted by Gasteiger charge is 2.02. The third-order valence-corrected chi connectivity index (χ3v) is 2.13. The molecule has 0 aliphatic heterocycles. The van der Waals surface area contributed by atoms with E-state index in [2.05, 4.69) is 0 Å². The van der Waals surface area contributed by atoms with Crippen molar-refractivity contribution < 1.29 is 9.50 Å². The molecule has 2 heteroatoms. The molecule has 0 heterocycles. The fourth-order valence-electron chi connectivity index (χ4n) is 1.47. The Balaban J connectivity index is 2.84. The predicted octanol–water partition coefficient (Wildman–Crippen LogP) is 2.47. The molecule has 0 bridgehead atoms. The lowest BCUT2D eigenvalue weighted by molar-refractivity contribution is 0.283. The van der Waals surface area contributed by atoms with Crippen molar-refractivity contribution in [3.8, 4) is 0 Å². The van der Waals surface area contributed by atoms with Crippen molar-refractivity contribution >= 4 is 10.8 Å². The standard InChI is InChI=1S/C11H9FO/c12-11-6-2-4-9-8(7-13)3-1-5-10(9)11/h1-6,13H,7H2. The van der Waals surface area contributed by atoms with E-state index in [9.17, 15) is 4.39 Å². The van der Waals surface area contributed by atoms with Crippen LogP contribution in [0.5, 0.6) is 0 Å². The summed E-state index contributed by atoms with van der Waals surface area (Å²) in [5.41, 5.74) is 0.761. The molecular weight excluding hydrogens is 167 g/mol. The first kappa shape index (κ1) is 8.20. The molecule has 2 aromatic rings. The molecule has 2 aromatic carbocycles. The van der Waals surface area contributed by atoms with Gasteiger partial charge in [-0.1, -0.05) is 30.3 Å². The van der Waals surface area contributed by atoms with E-state index < -0.39 is 0 Å². The number of aliphatic hydroxyl groups is 1. The third-order valence-electron chi connectivity index (χ3n) is 2.13. The largest absolute Gasteiger partial charge is 0.392 e. The van der Waals surface area contributed by atoms with E-state index in [-0.39, 0.29) is 12.4 Å². The Bertz CT molecular complexity index is 437. The summed E-state index contributed by atoms with van der Waals surface area (Å²) < 4.78 is 13.2. The maximum atomic E-state index is 13.2. The van der Waals surface area contributed by atoms with Gasteiger partial charge in [0.25, 0.3) is 0 Å². The van der Waals surface area contributed by atoms with Crippen LogP contribution in [0.3, 0.4) is 0 Å². The van der Waals surface area contributed by atoms with Gasteiger partial charge in [-0.2, -0.15) is 0 Å². The fraction of sp³-hybridized carbons (Fsp3) is 0.0909. The number of hydrogen-bond acceptors (Lipinski definition) is 1. The van der Waals surface area contributed by atoms with Gasteiger partial charge in [0, 0.05) is 5.39 Å². The summed E-state index contributed by atoms with van der Waals surface area (Å²) in [6.07, 6.45) is 0. The molecule has 0 unspecified atom stereocenters. The number of rotatable bonds is 1. The van der Waals surface area contributed by atoms with Crippen LogP contribution in [0.25, 0.3) is 10.8 Å². The quantitative estimate of drug-likeness (QED) is 0.707. The molecule has 13 heavy (non-hydrogen) atoms. The van der Waals surface area contributed by atoms with Gasteiger partial charge in [0.15, 0.2) is 0 Å². The van der Waals surface area contributed by atoms with E-state index in [4.69, 9.17) is 5.11 Å². The van der Waals surface area contributed by atoms with E-state index in [1.54, 1.807) is 24.3 Å². The fourth-order valence-corrected chi connectivity index (χ4v) is 1.47. The van der Waals surface area contributed by atoms with Crippen molar-refractivity contribution in [3.63, 3.8) is 0 Å². The Labute approximate surface area is 75.4 Å². The van der Waals surface area contributed by atoms with Gasteiger partial charge in [0.05, 0.1) is 6.61 Å². The SMILES string of the molecule is OCc1cccc2c(F)cccc12. The molecule has 0 atom stereocenters. The maximum absolute atomic E-state index is 13.2. The summed E-state index contributed by atoms with van der Waals surface area (Å²) in [6, 6.07) is 10.1.